The van der Waals surface area contributed by atoms with Gasteiger partial charge in [-0.2, -0.15) is 0 Å². The third kappa shape index (κ3) is 3.50. The Kier molecular flexibility index (Phi) is 4.24. The van der Waals surface area contributed by atoms with Crippen molar-refractivity contribution in [2.24, 2.45) is 0 Å². The molecule has 0 bridgehead atoms. The van der Waals surface area contributed by atoms with E-state index >= 15 is 0 Å². The Labute approximate surface area is 113 Å². The quantitative estimate of drug-likeness (QED) is 0.888. The number of hydrogen-bond acceptors (Lipinski definition) is 1. The Balaban J connectivity index is 1.94. The lowest BCUT2D eigenvalue weighted by molar-refractivity contribution is 0.251. The first-order valence-electron chi connectivity index (χ1n) is 5.79. The second kappa shape index (κ2) is 6.10. The number of halogens is 3. The van der Waals surface area contributed by atoms with Gasteiger partial charge in [0.05, 0.1) is 0 Å². The lowest BCUT2D eigenvalue weighted by Crippen LogP contribution is -2.29. The van der Waals surface area contributed by atoms with E-state index in [-0.39, 0.29) is 12.4 Å². The number of rotatable bonds is 3. The first kappa shape index (κ1) is 13.9. The van der Waals surface area contributed by atoms with E-state index in [1.165, 1.54) is 30.3 Å². The molecule has 0 aliphatic carbocycles. The molecule has 2 aromatic rings. The van der Waals surface area contributed by atoms with Gasteiger partial charge in [-0.15, -0.1) is 0 Å². The van der Waals surface area contributed by atoms with Crippen LogP contribution in [0.3, 0.4) is 0 Å². The lowest BCUT2D eigenvalue weighted by atomic mass is 10.2. The second-order valence-electron chi connectivity index (χ2n) is 4.03. The Morgan fingerprint density at radius 1 is 0.950 bits per heavy atom. The molecule has 2 N–H and O–H groups in total. The van der Waals surface area contributed by atoms with E-state index in [0.717, 1.165) is 12.1 Å². The average molecular weight is 280 g/mol. The maximum atomic E-state index is 13.3. The lowest BCUT2D eigenvalue weighted by Gasteiger charge is -2.09. The van der Waals surface area contributed by atoms with Gasteiger partial charge < -0.3 is 10.6 Å². The van der Waals surface area contributed by atoms with Crippen LogP contribution in [0, 0.1) is 17.5 Å². The molecule has 0 saturated carbocycles. The molecule has 0 spiro atoms. The van der Waals surface area contributed by atoms with E-state index in [1.54, 1.807) is 0 Å². The molecule has 0 unspecified atom stereocenters. The van der Waals surface area contributed by atoms with E-state index in [4.69, 9.17) is 0 Å². The van der Waals surface area contributed by atoms with Crippen molar-refractivity contribution in [2.45, 2.75) is 6.54 Å². The largest absolute Gasteiger partial charge is 0.334 e. The van der Waals surface area contributed by atoms with Crippen LogP contribution in [0.4, 0.5) is 23.7 Å². The number of para-hydroxylation sites is 1. The van der Waals surface area contributed by atoms with Crippen LogP contribution in [0.1, 0.15) is 5.56 Å². The number of carbonyl (C=O) groups is 1. The number of urea groups is 1. The number of nitrogens with one attached hydrogen (secondary N) is 2. The first-order valence-corrected chi connectivity index (χ1v) is 5.79. The van der Waals surface area contributed by atoms with Gasteiger partial charge in [-0.1, -0.05) is 18.2 Å². The van der Waals surface area contributed by atoms with Crippen LogP contribution in [0.25, 0.3) is 0 Å². The van der Waals surface area contributed by atoms with Crippen LogP contribution in [-0.2, 0) is 6.54 Å². The molecule has 104 valence electrons. The van der Waals surface area contributed by atoms with E-state index in [9.17, 15) is 18.0 Å². The van der Waals surface area contributed by atoms with Crippen molar-refractivity contribution in [1.29, 1.82) is 0 Å². The molecule has 0 saturated heterocycles. The molecule has 2 aromatic carbocycles. The third-order valence-corrected chi connectivity index (χ3v) is 2.57. The second-order valence-corrected chi connectivity index (χ2v) is 4.03. The maximum absolute atomic E-state index is 13.3. The first-order chi connectivity index (χ1) is 9.56. The number of benzene rings is 2. The highest BCUT2D eigenvalue weighted by Crippen LogP contribution is 2.17. The summed E-state index contributed by atoms with van der Waals surface area (Å²) in [5.41, 5.74) is 0.152. The van der Waals surface area contributed by atoms with Crippen molar-refractivity contribution in [3.05, 3.63) is 65.5 Å². The summed E-state index contributed by atoms with van der Waals surface area (Å²) in [7, 11) is 0. The molecule has 0 atom stereocenters. The normalized spacial score (nSPS) is 10.2. The van der Waals surface area contributed by atoms with E-state index in [2.05, 4.69) is 10.6 Å². The third-order valence-electron chi connectivity index (χ3n) is 2.57. The van der Waals surface area contributed by atoms with Gasteiger partial charge in [-0.05, 0) is 29.8 Å². The van der Waals surface area contributed by atoms with Crippen molar-refractivity contribution < 1.29 is 18.0 Å². The van der Waals surface area contributed by atoms with Gasteiger partial charge in [0.2, 0.25) is 0 Å². The number of carbonyl (C=O) groups excluding carboxylic acids is 1. The molecule has 0 aliphatic rings. The summed E-state index contributed by atoms with van der Waals surface area (Å²) >= 11 is 0. The topological polar surface area (TPSA) is 41.1 Å². The Morgan fingerprint density at radius 2 is 1.55 bits per heavy atom. The van der Waals surface area contributed by atoms with E-state index < -0.39 is 23.4 Å². The van der Waals surface area contributed by atoms with Crippen molar-refractivity contribution in [2.75, 3.05) is 5.32 Å². The van der Waals surface area contributed by atoms with Gasteiger partial charge in [0, 0.05) is 6.54 Å². The predicted molar refractivity (Wildman–Crippen MR) is 68.6 cm³/mol. The molecule has 6 heteroatoms. The van der Waals surface area contributed by atoms with Crippen LogP contribution >= 0.6 is 0 Å². The molecule has 0 aliphatic heterocycles. The fraction of sp³-hybridized carbons (Fsp3) is 0.0714. The summed E-state index contributed by atoms with van der Waals surface area (Å²) in [6.07, 6.45) is 0. The minimum Gasteiger partial charge on any atom is -0.334 e. The Hall–Kier alpha value is -2.50. The molecule has 0 radical (unpaired) electrons. The van der Waals surface area contributed by atoms with Crippen molar-refractivity contribution in [1.82, 2.24) is 5.32 Å². The van der Waals surface area contributed by atoms with E-state index in [1.807, 2.05) is 0 Å². The predicted octanol–water partition coefficient (Wildman–Crippen LogP) is 3.43. The molecular formula is C14H11F3N2O. The summed E-state index contributed by atoms with van der Waals surface area (Å²) in [5.74, 6) is -2.10. The Morgan fingerprint density at radius 3 is 2.15 bits per heavy atom. The monoisotopic (exact) mass is 280 g/mol. The van der Waals surface area contributed by atoms with Crippen LogP contribution in [-0.4, -0.2) is 6.03 Å². The highest BCUT2D eigenvalue weighted by Gasteiger charge is 2.11. The highest BCUT2D eigenvalue weighted by molar-refractivity contribution is 5.89. The number of anilines is 1. The molecule has 0 aromatic heterocycles. The fourth-order valence-electron chi connectivity index (χ4n) is 1.56. The average Bonchev–Trinajstić information content (AvgIpc) is 2.42. The smallest absolute Gasteiger partial charge is 0.319 e. The van der Waals surface area contributed by atoms with Gasteiger partial charge in [0.25, 0.3) is 0 Å². The minimum atomic E-state index is -0.859. The summed E-state index contributed by atoms with van der Waals surface area (Å²) in [4.78, 5) is 11.5. The fourth-order valence-corrected chi connectivity index (χ4v) is 1.56. The van der Waals surface area contributed by atoms with Crippen LogP contribution in [0.15, 0.2) is 42.5 Å². The van der Waals surface area contributed by atoms with Crippen molar-refractivity contribution in [3.8, 4) is 0 Å². The van der Waals surface area contributed by atoms with Crippen LogP contribution < -0.4 is 10.6 Å². The summed E-state index contributed by atoms with van der Waals surface area (Å²) in [6, 6.07) is 8.04. The van der Waals surface area contributed by atoms with Gasteiger partial charge in [0.1, 0.15) is 23.1 Å². The van der Waals surface area contributed by atoms with Crippen molar-refractivity contribution in [3.63, 3.8) is 0 Å². The van der Waals surface area contributed by atoms with Gasteiger partial charge in [-0.25, -0.2) is 18.0 Å². The zero-order valence-electron chi connectivity index (χ0n) is 10.3. The standard InChI is InChI=1S/C14H11F3N2O/c15-10-6-4-9(5-7-10)8-18-14(20)19-13-11(16)2-1-3-12(13)17/h1-7H,8H2,(H2,18,19,20). The zero-order valence-corrected chi connectivity index (χ0v) is 10.3. The van der Waals surface area contributed by atoms with E-state index in [0.29, 0.717) is 5.56 Å². The molecule has 2 rings (SSSR count). The molecule has 0 fully saturated rings. The highest BCUT2D eigenvalue weighted by atomic mass is 19.1. The van der Waals surface area contributed by atoms with Crippen LogP contribution in [0.5, 0.6) is 0 Å². The molecule has 2 amide bonds. The van der Waals surface area contributed by atoms with Gasteiger partial charge >= 0.3 is 6.03 Å². The van der Waals surface area contributed by atoms with Crippen molar-refractivity contribution >= 4 is 11.7 Å². The zero-order chi connectivity index (χ0) is 14.5. The Bertz CT molecular complexity index is 594. The number of amides is 2. The number of hydrogen-bond donors (Lipinski definition) is 2. The summed E-state index contributed by atoms with van der Waals surface area (Å²) < 4.78 is 39.3. The summed E-state index contributed by atoms with van der Waals surface area (Å²) in [5, 5.41) is 4.50. The molecule has 0 heterocycles. The molecule has 3 nitrogen and oxygen atoms in total. The molecule has 20 heavy (non-hydrogen) atoms. The maximum Gasteiger partial charge on any atom is 0.319 e. The van der Waals surface area contributed by atoms with Gasteiger partial charge in [0.15, 0.2) is 0 Å². The van der Waals surface area contributed by atoms with Crippen LogP contribution in [0.2, 0.25) is 0 Å². The molecular weight excluding hydrogens is 269 g/mol. The minimum absolute atomic E-state index is 0.113. The SMILES string of the molecule is O=C(NCc1ccc(F)cc1)Nc1c(F)cccc1F. The van der Waals surface area contributed by atoms with Gasteiger partial charge in [-0.3, -0.25) is 0 Å². The summed E-state index contributed by atoms with van der Waals surface area (Å²) in [6.45, 7) is 0.113.